The predicted octanol–water partition coefficient (Wildman–Crippen LogP) is 4.81. The Balaban J connectivity index is 1.72. The van der Waals surface area contributed by atoms with Crippen LogP contribution in [-0.2, 0) is 34.8 Å². The summed E-state index contributed by atoms with van der Waals surface area (Å²) in [5.74, 6) is -1.44. The van der Waals surface area contributed by atoms with E-state index in [9.17, 15) is 24.0 Å². The van der Waals surface area contributed by atoms with Crippen molar-refractivity contribution in [1.82, 2.24) is 20.9 Å². The summed E-state index contributed by atoms with van der Waals surface area (Å²) in [5, 5.41) is 8.81. The first-order chi connectivity index (χ1) is 22.0. The highest BCUT2D eigenvalue weighted by molar-refractivity contribution is 6.74. The van der Waals surface area contributed by atoms with Crippen LogP contribution in [-0.4, -0.2) is 78.9 Å². The van der Waals surface area contributed by atoms with Crippen LogP contribution in [0.15, 0.2) is 30.3 Å². The summed E-state index contributed by atoms with van der Waals surface area (Å²) in [6, 6.07) is 6.98. The summed E-state index contributed by atoms with van der Waals surface area (Å²) >= 11 is 0. The first-order valence-corrected chi connectivity index (χ1v) is 20.4. The average molecular weight is 671 g/mol. The molecule has 262 valence electrons. The fourth-order valence-corrected chi connectivity index (χ4v) is 7.32. The number of carbonyl (C=O) groups excluding carboxylic acids is 5. The van der Waals surface area contributed by atoms with Gasteiger partial charge >= 0.3 is 0 Å². The van der Waals surface area contributed by atoms with Crippen LogP contribution < -0.4 is 16.0 Å². The van der Waals surface area contributed by atoms with Gasteiger partial charge in [-0.15, -0.1) is 0 Å². The van der Waals surface area contributed by atoms with Gasteiger partial charge in [-0.05, 0) is 76.1 Å². The highest BCUT2D eigenvalue weighted by Gasteiger charge is 2.43. The number of piperidine rings is 1. The van der Waals surface area contributed by atoms with E-state index < -0.39 is 49.9 Å². The molecule has 0 aromatic heterocycles. The second-order valence-electron chi connectivity index (χ2n) is 15.1. The zero-order valence-electron chi connectivity index (χ0n) is 29.9. The van der Waals surface area contributed by atoms with E-state index in [0.717, 1.165) is 18.4 Å². The molecule has 2 aliphatic heterocycles. The maximum atomic E-state index is 14.0. The SMILES string of the molecule is CC[C@]1(C)NC(=O)[C@H](CCCCCC(=O)[C@@H](C)O[Si](C)(C)C(C)(C)C)NC(=O)[C@H]2CCCCN2C(=O)[C@H](Cc2ccccc2)NC1=O. The van der Waals surface area contributed by atoms with Gasteiger partial charge in [-0.1, -0.05) is 70.9 Å². The normalized spacial score (nSPS) is 25.4. The van der Waals surface area contributed by atoms with Gasteiger partial charge in [-0.2, -0.15) is 0 Å². The number of Topliss-reactive ketones (excluding diaryl/α,β-unsaturated/α-hetero) is 1. The van der Waals surface area contributed by atoms with Gasteiger partial charge in [0.05, 0.1) is 0 Å². The van der Waals surface area contributed by atoms with Gasteiger partial charge in [-0.3, -0.25) is 24.0 Å². The lowest BCUT2D eigenvalue weighted by Crippen LogP contribution is -2.66. The molecule has 0 aliphatic carbocycles. The molecule has 3 rings (SSSR count). The van der Waals surface area contributed by atoms with E-state index in [-0.39, 0.29) is 29.1 Å². The van der Waals surface area contributed by atoms with Gasteiger partial charge in [0.15, 0.2) is 14.1 Å². The minimum Gasteiger partial charge on any atom is -0.407 e. The van der Waals surface area contributed by atoms with E-state index in [1.54, 1.807) is 18.7 Å². The van der Waals surface area contributed by atoms with Crippen molar-refractivity contribution in [2.45, 2.75) is 154 Å². The molecule has 1 aromatic rings. The second kappa shape index (κ2) is 16.4. The Labute approximate surface area is 282 Å². The van der Waals surface area contributed by atoms with E-state index >= 15 is 0 Å². The number of nitrogens with one attached hydrogen (secondary N) is 3. The minimum absolute atomic E-state index is 0.0144. The first-order valence-electron chi connectivity index (χ1n) is 17.5. The molecule has 2 aliphatic rings. The molecule has 2 fully saturated rings. The summed E-state index contributed by atoms with van der Waals surface area (Å²) in [6.45, 7) is 16.4. The van der Waals surface area contributed by atoms with Crippen molar-refractivity contribution in [3.05, 3.63) is 35.9 Å². The van der Waals surface area contributed by atoms with Crippen molar-refractivity contribution in [2.75, 3.05) is 6.54 Å². The van der Waals surface area contributed by atoms with Gasteiger partial charge in [0.1, 0.15) is 29.8 Å². The number of fused-ring (bicyclic) bond motifs is 1. The zero-order chi connectivity index (χ0) is 35.0. The van der Waals surface area contributed by atoms with Gasteiger partial charge in [0, 0.05) is 19.4 Å². The van der Waals surface area contributed by atoms with Gasteiger partial charge in [-0.25, -0.2) is 0 Å². The van der Waals surface area contributed by atoms with Gasteiger partial charge in [0.25, 0.3) is 0 Å². The van der Waals surface area contributed by atoms with Crippen molar-refractivity contribution in [3.8, 4) is 0 Å². The van der Waals surface area contributed by atoms with E-state index in [0.29, 0.717) is 51.5 Å². The molecule has 0 spiro atoms. The molecule has 47 heavy (non-hydrogen) atoms. The summed E-state index contributed by atoms with van der Waals surface area (Å²) in [5.41, 5.74) is -0.402. The zero-order valence-corrected chi connectivity index (χ0v) is 30.9. The standard InChI is InChI=1S/C36H58N4O6Si/c1-9-36(6)34(45)38-28(24-26-18-12-10-13-19-26)33(44)40-23-17-16-21-29(40)32(43)37-27(31(42)39-36)20-14-11-15-22-30(41)25(2)46-47(7,8)35(3,4)5/h10,12-13,18-19,25,27-29H,9,11,14-17,20-24H2,1-8H3,(H,37,43)(H,38,45)(H,39,42)/t25-,27+,28+,29-,36+/m1/s1. The first kappa shape index (κ1) is 38.4. The van der Waals surface area contributed by atoms with Gasteiger partial charge in [0.2, 0.25) is 23.6 Å². The van der Waals surface area contributed by atoms with Crippen LogP contribution in [0, 0.1) is 0 Å². The van der Waals surface area contributed by atoms with Crippen molar-refractivity contribution in [3.63, 3.8) is 0 Å². The van der Waals surface area contributed by atoms with Gasteiger partial charge < -0.3 is 25.3 Å². The number of amides is 4. The van der Waals surface area contributed by atoms with Crippen LogP contribution in [0.2, 0.25) is 18.1 Å². The number of rotatable bonds is 12. The van der Waals surface area contributed by atoms with Crippen LogP contribution in [0.3, 0.4) is 0 Å². The van der Waals surface area contributed by atoms with Crippen molar-refractivity contribution in [2.24, 2.45) is 0 Å². The lowest BCUT2D eigenvalue weighted by Gasteiger charge is -2.40. The molecular weight excluding hydrogens is 613 g/mol. The topological polar surface area (TPSA) is 134 Å². The molecule has 2 heterocycles. The fraction of sp³-hybridized carbons (Fsp3) is 0.694. The third kappa shape index (κ3) is 10.2. The van der Waals surface area contributed by atoms with Crippen LogP contribution in [0.5, 0.6) is 0 Å². The van der Waals surface area contributed by atoms with E-state index in [2.05, 4.69) is 49.8 Å². The predicted molar refractivity (Wildman–Crippen MR) is 186 cm³/mol. The third-order valence-corrected chi connectivity index (χ3v) is 14.9. The number of benzene rings is 1. The fourth-order valence-electron chi connectivity index (χ4n) is 5.95. The molecule has 10 nitrogen and oxygen atoms in total. The number of hydrogen-bond acceptors (Lipinski definition) is 6. The second-order valence-corrected chi connectivity index (χ2v) is 19.8. The van der Waals surface area contributed by atoms with Crippen molar-refractivity contribution < 1.29 is 28.4 Å². The molecule has 5 atom stereocenters. The Kier molecular flexibility index (Phi) is 13.4. The molecule has 2 saturated heterocycles. The van der Waals surface area contributed by atoms with Crippen LogP contribution in [0.4, 0.5) is 0 Å². The Morgan fingerprint density at radius 2 is 1.68 bits per heavy atom. The Hall–Kier alpha value is -3.05. The molecule has 11 heteroatoms. The molecule has 0 unspecified atom stereocenters. The number of hydrogen-bond donors (Lipinski definition) is 3. The lowest BCUT2D eigenvalue weighted by atomic mass is 9.93. The maximum Gasteiger partial charge on any atom is 0.246 e. The largest absolute Gasteiger partial charge is 0.407 e. The highest BCUT2D eigenvalue weighted by Crippen LogP contribution is 2.37. The molecule has 3 N–H and O–H groups in total. The number of carbonyl (C=O) groups is 5. The van der Waals surface area contributed by atoms with E-state index in [4.69, 9.17) is 4.43 Å². The quantitative estimate of drug-likeness (QED) is 0.216. The van der Waals surface area contributed by atoms with Crippen LogP contribution in [0.25, 0.3) is 0 Å². The number of nitrogens with zero attached hydrogens (tertiary/aromatic N) is 1. The summed E-state index contributed by atoms with van der Waals surface area (Å²) in [7, 11) is -2.06. The third-order valence-electron chi connectivity index (χ3n) is 10.4. The summed E-state index contributed by atoms with van der Waals surface area (Å²) in [6.07, 6.45) is 4.82. The van der Waals surface area contributed by atoms with Crippen LogP contribution in [0.1, 0.15) is 105 Å². The molecule has 0 bridgehead atoms. The molecular formula is C36H58N4O6Si. The highest BCUT2D eigenvalue weighted by atomic mass is 28.4. The van der Waals surface area contributed by atoms with Crippen molar-refractivity contribution in [1.29, 1.82) is 0 Å². The summed E-state index contributed by atoms with van der Waals surface area (Å²) < 4.78 is 6.26. The Bertz CT molecular complexity index is 1270. The van der Waals surface area contributed by atoms with E-state index in [1.807, 2.05) is 37.3 Å². The van der Waals surface area contributed by atoms with E-state index in [1.165, 1.54) is 0 Å². The van der Waals surface area contributed by atoms with Crippen molar-refractivity contribution >= 4 is 37.7 Å². The molecule has 1 aromatic carbocycles. The maximum absolute atomic E-state index is 14.0. The smallest absolute Gasteiger partial charge is 0.246 e. The van der Waals surface area contributed by atoms with Crippen LogP contribution >= 0.6 is 0 Å². The molecule has 0 saturated carbocycles. The summed E-state index contributed by atoms with van der Waals surface area (Å²) in [4.78, 5) is 69.6. The lowest BCUT2D eigenvalue weighted by molar-refractivity contribution is -0.147. The minimum atomic E-state index is -2.06. The monoisotopic (exact) mass is 670 g/mol. The number of unbranched alkanes of at least 4 members (excludes halogenated alkanes) is 2. The average Bonchev–Trinajstić information content (AvgIpc) is 3.02. The number of ketones is 1. The molecule has 0 radical (unpaired) electrons. The Morgan fingerprint density at radius 1 is 1.00 bits per heavy atom. The Morgan fingerprint density at radius 3 is 2.32 bits per heavy atom. The molecule has 4 amide bonds.